The van der Waals surface area contributed by atoms with Gasteiger partial charge in [-0.25, -0.2) is 9.78 Å². The third kappa shape index (κ3) is 8.29. The second-order valence-corrected chi connectivity index (χ2v) is 18.2. The summed E-state index contributed by atoms with van der Waals surface area (Å²) in [6, 6.07) is 16.1. The highest BCUT2D eigenvalue weighted by molar-refractivity contribution is 6.10. The van der Waals surface area contributed by atoms with Crippen molar-refractivity contribution in [3.63, 3.8) is 0 Å². The Bertz CT molecular complexity index is 2710. The molecule has 1 saturated heterocycles. The first-order valence-electron chi connectivity index (χ1n) is 22.5. The number of hydrogen-bond acceptors (Lipinski definition) is 15. The number of aryl methyl sites for hydroxylation is 1. The minimum atomic E-state index is -3.14. The summed E-state index contributed by atoms with van der Waals surface area (Å²) in [5.41, 5.74) is 10.9. The Kier molecular flexibility index (Phi) is 12.6. The fraction of sp³-hybridized carbons (Fsp3) is 0.388. The van der Waals surface area contributed by atoms with Gasteiger partial charge in [-0.1, -0.05) is 30.3 Å². The van der Waals surface area contributed by atoms with E-state index in [2.05, 4.69) is 20.3 Å². The number of aldehydes is 1. The largest absolute Gasteiger partial charge is 0.508 e. The van der Waals surface area contributed by atoms with Crippen molar-refractivity contribution in [2.24, 2.45) is 11.7 Å². The van der Waals surface area contributed by atoms with Gasteiger partial charge in [-0.15, -0.1) is 0 Å². The van der Waals surface area contributed by atoms with E-state index in [1.165, 1.54) is 30.6 Å². The number of rotatable bonds is 15. The number of amides is 1. The highest BCUT2D eigenvalue weighted by Gasteiger charge is 2.58. The Morgan fingerprint density at radius 2 is 1.82 bits per heavy atom. The predicted octanol–water partition coefficient (Wildman–Crippen LogP) is 2.07. The number of nitrogens with zero attached hydrogens (tertiary/aromatic N) is 2. The summed E-state index contributed by atoms with van der Waals surface area (Å²) in [7, 11) is 0. The van der Waals surface area contributed by atoms with Crippen molar-refractivity contribution in [3.8, 4) is 17.2 Å². The summed E-state index contributed by atoms with van der Waals surface area (Å²) in [5, 5.41) is 89.6. The van der Waals surface area contributed by atoms with Crippen LogP contribution in [0.15, 0.2) is 85.3 Å². The van der Waals surface area contributed by atoms with E-state index in [0.29, 0.717) is 34.8 Å². The van der Waals surface area contributed by atoms with E-state index in [0.717, 1.165) is 47.6 Å². The number of ether oxygens (including phenoxy) is 2. The number of H-pyrrole nitrogens is 2. The molecule has 19 nitrogen and oxygen atoms in total. The van der Waals surface area contributed by atoms with Crippen LogP contribution in [0.2, 0.25) is 0 Å². The summed E-state index contributed by atoms with van der Waals surface area (Å²) in [6.45, 7) is -0.904. The number of aromatic hydroxyl groups is 2. The number of aromatic amines is 2. The summed E-state index contributed by atoms with van der Waals surface area (Å²) < 4.78 is 10.9. The Morgan fingerprint density at radius 1 is 1.01 bits per heavy atom. The monoisotopic (exact) mass is 934 g/mol. The minimum Gasteiger partial charge on any atom is -0.508 e. The van der Waals surface area contributed by atoms with Crippen molar-refractivity contribution in [1.82, 2.24) is 15.0 Å². The molecule has 2 aliphatic heterocycles. The maximum atomic E-state index is 14.7. The zero-order chi connectivity index (χ0) is 48.1. The first-order valence-corrected chi connectivity index (χ1v) is 22.5. The molecule has 1 saturated carbocycles. The van der Waals surface area contributed by atoms with Gasteiger partial charge in [0, 0.05) is 59.8 Å². The van der Waals surface area contributed by atoms with Crippen molar-refractivity contribution < 1.29 is 64.7 Å². The normalized spacial score (nSPS) is 29.0. The fourth-order valence-corrected chi connectivity index (χ4v) is 11.0. The zero-order valence-corrected chi connectivity index (χ0v) is 36.7. The second-order valence-electron chi connectivity index (χ2n) is 18.2. The molecular weight excluding hydrogens is 881 g/mol. The molecule has 11 atom stereocenters. The fourth-order valence-electron chi connectivity index (χ4n) is 11.0. The molecule has 2 aliphatic carbocycles. The van der Waals surface area contributed by atoms with Gasteiger partial charge in [-0.3, -0.25) is 9.69 Å². The van der Waals surface area contributed by atoms with Gasteiger partial charge in [-0.05, 0) is 96.7 Å². The average molecular weight is 935 g/mol. The molecule has 13 N–H and O–H groups in total. The van der Waals surface area contributed by atoms with Crippen molar-refractivity contribution in [2.45, 2.75) is 105 Å². The molecule has 9 rings (SSSR count). The van der Waals surface area contributed by atoms with Crippen LogP contribution < -0.4 is 20.7 Å². The number of benzene rings is 3. The third-order valence-corrected chi connectivity index (χ3v) is 14.4. The topological polar surface area (TPSA) is 317 Å². The molecule has 19 heteroatoms. The van der Waals surface area contributed by atoms with Crippen molar-refractivity contribution in [2.75, 3.05) is 16.8 Å². The number of carboxylic acids is 1. The van der Waals surface area contributed by atoms with Gasteiger partial charge in [0.1, 0.15) is 42.2 Å². The highest BCUT2D eigenvalue weighted by atomic mass is 16.8. The van der Waals surface area contributed by atoms with Gasteiger partial charge in [0.15, 0.2) is 17.6 Å². The summed E-state index contributed by atoms with van der Waals surface area (Å²) >= 11 is 0. The molecule has 11 unspecified atom stereocenters. The smallest absolute Gasteiger partial charge is 0.355 e. The molecule has 4 aliphatic rings. The maximum absolute atomic E-state index is 14.7. The standard InChI is InChI=1S/C49H54N6O13/c50-40-13-11-28-10-9-26-4-1-2-5-32(26)48(28,40)21-31-30-19-37(59)38(67-49(66)46(63)45(62)44(61)39(23-57)68-49)20-35(30)55(43(31)47(64)65)42(60)14-8-25-7-12-36(58)27(16-25)17-33-34(53-24-52-33)18-29(22-56)54-41-6-3-15-51-41/h1-8,12,14-16,19-20,22,24,28-29,31,39-40,43-46,51,54,57-59,61-63,66H,9-11,13,17-18,21,23,50H2,(H,52,53)(H,64,65). The number of hydrogen-bond donors (Lipinski definition) is 12. The number of carboxylic acid groups (broad SMARTS) is 1. The first kappa shape index (κ1) is 46.5. The van der Waals surface area contributed by atoms with Crippen LogP contribution in [-0.4, -0.2) is 129 Å². The Morgan fingerprint density at radius 3 is 2.57 bits per heavy atom. The molecule has 68 heavy (non-hydrogen) atoms. The van der Waals surface area contributed by atoms with Crippen molar-refractivity contribution in [3.05, 3.63) is 125 Å². The number of phenolic OH excluding ortho intramolecular Hbond substituents is 2. The average Bonchev–Trinajstić information content (AvgIpc) is 4.14. The van der Waals surface area contributed by atoms with Crippen LogP contribution in [0.3, 0.4) is 0 Å². The molecule has 2 aromatic heterocycles. The SMILES string of the molecule is NC1CCC2CCc3ccccc3C12CC1c2cc(O)c(OC3(O)OC(CO)C(O)C(O)C3O)cc2N(C(=O)C=Cc2ccc(O)c(Cc3[nH]cnc3CC(C=O)Nc3ccc[nH]3)c2)C1C(=O)O. The number of aliphatic hydroxyl groups excluding tert-OH is 4. The van der Waals surface area contributed by atoms with Crippen molar-refractivity contribution >= 4 is 35.7 Å². The number of fused-ring (bicyclic) bond motifs is 4. The number of carbonyl (C=O) groups is 3. The van der Waals surface area contributed by atoms with Crippen LogP contribution in [0.5, 0.6) is 17.2 Å². The Balaban J connectivity index is 1.06. The van der Waals surface area contributed by atoms with E-state index in [-0.39, 0.29) is 48.2 Å². The lowest BCUT2D eigenvalue weighted by Crippen LogP contribution is -2.67. The number of anilines is 2. The molecule has 3 aromatic carbocycles. The molecule has 358 valence electrons. The molecule has 4 heterocycles. The van der Waals surface area contributed by atoms with Gasteiger partial charge in [0.2, 0.25) is 0 Å². The molecule has 1 amide bonds. The van der Waals surface area contributed by atoms with E-state index in [4.69, 9.17) is 15.2 Å². The summed E-state index contributed by atoms with van der Waals surface area (Å²) in [6.07, 6.45) is 2.54. The number of nitrogens with one attached hydrogen (secondary N) is 3. The number of aliphatic hydroxyl groups is 5. The van der Waals surface area contributed by atoms with Crippen LogP contribution >= 0.6 is 0 Å². The van der Waals surface area contributed by atoms with E-state index in [1.807, 2.05) is 24.3 Å². The van der Waals surface area contributed by atoms with Crippen LogP contribution in [-0.2, 0) is 43.8 Å². The van der Waals surface area contributed by atoms with Crippen molar-refractivity contribution in [1.29, 1.82) is 0 Å². The molecular formula is C49H54N6O13. The van der Waals surface area contributed by atoms with Gasteiger partial charge in [-0.2, -0.15) is 0 Å². The van der Waals surface area contributed by atoms with E-state index < -0.39 is 83.8 Å². The molecule has 0 spiro atoms. The molecule has 0 bridgehead atoms. The lowest BCUT2D eigenvalue weighted by molar-refractivity contribution is -0.422. The highest BCUT2D eigenvalue weighted by Crippen LogP contribution is 2.59. The maximum Gasteiger partial charge on any atom is 0.355 e. The molecule has 2 fully saturated rings. The first-order chi connectivity index (χ1) is 32.6. The van der Waals surface area contributed by atoms with E-state index in [9.17, 15) is 55.2 Å². The van der Waals surface area contributed by atoms with Crippen LogP contribution in [0.4, 0.5) is 11.5 Å². The van der Waals surface area contributed by atoms with Gasteiger partial charge in [0.25, 0.3) is 5.91 Å². The Hall–Kier alpha value is -6.58. The number of aromatic nitrogens is 3. The summed E-state index contributed by atoms with van der Waals surface area (Å²) in [4.78, 5) is 52.0. The minimum absolute atomic E-state index is 0.0146. The lowest BCUT2D eigenvalue weighted by atomic mass is 9.59. The van der Waals surface area contributed by atoms with Crippen LogP contribution in [0.25, 0.3) is 6.08 Å². The number of phenols is 2. The van der Waals surface area contributed by atoms with Gasteiger partial charge < -0.3 is 76.1 Å². The number of carbonyl (C=O) groups excluding carboxylic acids is 2. The predicted molar refractivity (Wildman–Crippen MR) is 244 cm³/mol. The van der Waals surface area contributed by atoms with E-state index in [1.54, 1.807) is 30.5 Å². The quantitative estimate of drug-likeness (QED) is 0.0406. The van der Waals surface area contributed by atoms with Gasteiger partial charge >= 0.3 is 11.9 Å². The van der Waals surface area contributed by atoms with Gasteiger partial charge in [0.05, 0.1) is 30.4 Å². The van der Waals surface area contributed by atoms with Crippen LogP contribution in [0.1, 0.15) is 70.8 Å². The molecule has 5 aromatic rings. The summed E-state index contributed by atoms with van der Waals surface area (Å²) in [5.74, 6) is -6.76. The number of nitrogens with two attached hydrogens (primary N) is 1. The second kappa shape index (κ2) is 18.5. The third-order valence-electron chi connectivity index (χ3n) is 14.4. The molecule has 0 radical (unpaired) electrons. The lowest BCUT2D eigenvalue weighted by Gasteiger charge is -2.46. The number of aliphatic carboxylic acids is 1. The Labute approximate surface area is 389 Å². The number of imidazole rings is 1. The zero-order valence-electron chi connectivity index (χ0n) is 36.7. The van der Waals surface area contributed by atoms with Crippen LogP contribution in [0, 0.1) is 5.92 Å². The van der Waals surface area contributed by atoms with E-state index >= 15 is 0 Å².